The van der Waals surface area contributed by atoms with Crippen LogP contribution in [0.5, 0.6) is 0 Å². The van der Waals surface area contributed by atoms with Gasteiger partial charge < -0.3 is 5.11 Å². The van der Waals surface area contributed by atoms with Gasteiger partial charge in [-0.25, -0.2) is 18.6 Å². The summed E-state index contributed by atoms with van der Waals surface area (Å²) in [4.78, 5) is 23.1. The molecular formula is C7H3BrF2N2O4. The van der Waals surface area contributed by atoms with Crippen molar-refractivity contribution in [2.24, 2.45) is 0 Å². The summed E-state index contributed by atoms with van der Waals surface area (Å²) in [5.41, 5.74) is -2.65. The van der Waals surface area contributed by atoms with Gasteiger partial charge in [-0.05, 0) is 15.9 Å². The predicted octanol–water partition coefficient (Wildman–Crippen LogP) is 2.39. The Kier molecular flexibility index (Phi) is 3.48. The molecule has 0 aromatic carbocycles. The molecule has 0 saturated carbocycles. The Hall–Kier alpha value is -1.64. The van der Waals surface area contributed by atoms with Crippen molar-refractivity contribution < 1.29 is 23.6 Å². The van der Waals surface area contributed by atoms with Crippen molar-refractivity contribution in [3.05, 3.63) is 32.0 Å². The third kappa shape index (κ3) is 2.13. The van der Waals surface area contributed by atoms with E-state index in [1.165, 1.54) is 0 Å². The third-order valence-corrected chi connectivity index (χ3v) is 2.44. The lowest BCUT2D eigenvalue weighted by Gasteiger charge is -2.04. The van der Waals surface area contributed by atoms with E-state index in [1.54, 1.807) is 0 Å². The molecule has 0 spiro atoms. The molecule has 9 heteroatoms. The number of nitrogens with zero attached hydrogens (tertiary/aromatic N) is 2. The number of aromatic nitrogens is 1. The fourth-order valence-corrected chi connectivity index (χ4v) is 1.59. The second-order valence-corrected chi connectivity index (χ2v) is 3.38. The average Bonchev–Trinajstić information content (AvgIpc) is 2.15. The maximum atomic E-state index is 12.4. The average molecular weight is 297 g/mol. The second-order valence-electron chi connectivity index (χ2n) is 2.58. The van der Waals surface area contributed by atoms with Crippen molar-refractivity contribution in [2.75, 3.05) is 0 Å². The first-order valence-corrected chi connectivity index (χ1v) is 4.49. The molecule has 0 aliphatic carbocycles. The smallest absolute Gasteiger partial charge is 0.338 e. The number of carboxylic acids is 1. The molecule has 0 saturated heterocycles. The minimum absolute atomic E-state index is 0.518. The Morgan fingerprint density at radius 1 is 1.62 bits per heavy atom. The predicted molar refractivity (Wildman–Crippen MR) is 50.5 cm³/mol. The van der Waals surface area contributed by atoms with E-state index in [9.17, 15) is 23.7 Å². The van der Waals surface area contributed by atoms with Gasteiger partial charge in [0.25, 0.3) is 6.43 Å². The highest BCUT2D eigenvalue weighted by atomic mass is 79.9. The molecule has 86 valence electrons. The number of carboxylic acid groups (broad SMARTS) is 1. The molecular weight excluding hydrogens is 294 g/mol. The molecule has 16 heavy (non-hydrogen) atoms. The number of carbonyl (C=O) groups is 1. The normalized spacial score (nSPS) is 10.5. The van der Waals surface area contributed by atoms with E-state index in [4.69, 9.17) is 5.11 Å². The molecule has 0 fully saturated rings. The summed E-state index contributed by atoms with van der Waals surface area (Å²) in [6.07, 6.45) is -2.51. The maximum Gasteiger partial charge on any atom is 0.338 e. The van der Waals surface area contributed by atoms with Crippen molar-refractivity contribution >= 4 is 27.6 Å². The number of nitro groups is 1. The first kappa shape index (κ1) is 12.4. The number of hydrogen-bond donors (Lipinski definition) is 1. The van der Waals surface area contributed by atoms with Crippen LogP contribution in [0.1, 0.15) is 22.5 Å². The first-order valence-electron chi connectivity index (χ1n) is 3.70. The summed E-state index contributed by atoms with van der Waals surface area (Å²) in [6, 6.07) is 0. The van der Waals surface area contributed by atoms with Crippen molar-refractivity contribution in [1.82, 2.24) is 4.98 Å². The Morgan fingerprint density at radius 2 is 2.19 bits per heavy atom. The SMILES string of the molecule is O=C(O)c1cnc(C(F)F)c([N+](=O)[O-])c1Br. The molecule has 0 bridgehead atoms. The van der Waals surface area contributed by atoms with Crippen LogP contribution in [-0.4, -0.2) is 21.0 Å². The van der Waals surface area contributed by atoms with Gasteiger partial charge >= 0.3 is 11.7 Å². The third-order valence-electron chi connectivity index (χ3n) is 1.64. The summed E-state index contributed by atoms with van der Waals surface area (Å²) in [5, 5.41) is 19.2. The van der Waals surface area contributed by atoms with Crippen molar-refractivity contribution in [3.8, 4) is 0 Å². The van der Waals surface area contributed by atoms with E-state index >= 15 is 0 Å². The van der Waals surface area contributed by atoms with Crippen molar-refractivity contribution in [1.29, 1.82) is 0 Å². The molecule has 0 aliphatic rings. The lowest BCUT2D eigenvalue weighted by Crippen LogP contribution is -2.06. The van der Waals surface area contributed by atoms with Gasteiger partial charge in [-0.1, -0.05) is 0 Å². The van der Waals surface area contributed by atoms with Crippen molar-refractivity contribution in [3.63, 3.8) is 0 Å². The van der Waals surface area contributed by atoms with Crippen LogP contribution in [0, 0.1) is 10.1 Å². The summed E-state index contributed by atoms with van der Waals surface area (Å²) < 4.78 is 24.2. The van der Waals surface area contributed by atoms with Crippen LogP contribution < -0.4 is 0 Å². The summed E-state index contributed by atoms with van der Waals surface area (Å²) in [5.74, 6) is -1.50. The van der Waals surface area contributed by atoms with Crippen LogP contribution in [0.15, 0.2) is 10.7 Å². The molecule has 0 aliphatic heterocycles. The zero-order valence-corrected chi connectivity index (χ0v) is 8.94. The fraction of sp³-hybridized carbons (Fsp3) is 0.143. The number of hydrogen-bond acceptors (Lipinski definition) is 4. The van der Waals surface area contributed by atoms with Gasteiger partial charge in [0.15, 0.2) is 5.69 Å². The number of aromatic carboxylic acids is 1. The fourth-order valence-electron chi connectivity index (χ4n) is 0.974. The lowest BCUT2D eigenvalue weighted by molar-refractivity contribution is -0.387. The van der Waals surface area contributed by atoms with E-state index in [2.05, 4.69) is 20.9 Å². The molecule has 0 amide bonds. The molecule has 1 aromatic heterocycles. The van der Waals surface area contributed by atoms with Gasteiger partial charge in [-0.3, -0.25) is 10.1 Å². The molecule has 1 heterocycles. The van der Waals surface area contributed by atoms with E-state index in [0.717, 1.165) is 0 Å². The van der Waals surface area contributed by atoms with Gasteiger partial charge in [0, 0.05) is 6.20 Å². The van der Waals surface area contributed by atoms with Crippen LogP contribution in [0.4, 0.5) is 14.5 Å². The number of rotatable bonds is 3. The summed E-state index contributed by atoms with van der Waals surface area (Å²) in [6.45, 7) is 0. The van der Waals surface area contributed by atoms with Gasteiger partial charge in [-0.2, -0.15) is 0 Å². The summed E-state index contributed by atoms with van der Waals surface area (Å²) >= 11 is 2.61. The van der Waals surface area contributed by atoms with E-state index in [1.807, 2.05) is 0 Å². The lowest BCUT2D eigenvalue weighted by atomic mass is 10.2. The van der Waals surface area contributed by atoms with E-state index in [-0.39, 0.29) is 0 Å². The van der Waals surface area contributed by atoms with Crippen LogP contribution in [-0.2, 0) is 0 Å². The van der Waals surface area contributed by atoms with Crippen molar-refractivity contribution in [2.45, 2.75) is 6.43 Å². The van der Waals surface area contributed by atoms with E-state index in [0.29, 0.717) is 6.20 Å². The zero-order valence-electron chi connectivity index (χ0n) is 7.35. The Balaban J connectivity index is 3.54. The molecule has 1 N–H and O–H groups in total. The minimum atomic E-state index is -3.15. The highest BCUT2D eigenvalue weighted by molar-refractivity contribution is 9.10. The molecule has 0 radical (unpaired) electrons. The maximum absolute atomic E-state index is 12.4. The topological polar surface area (TPSA) is 93.3 Å². The Morgan fingerprint density at radius 3 is 2.56 bits per heavy atom. The van der Waals surface area contributed by atoms with Crippen LogP contribution in [0.3, 0.4) is 0 Å². The Labute approximate surface area is 95.2 Å². The number of alkyl halides is 2. The van der Waals surface area contributed by atoms with E-state index < -0.39 is 38.7 Å². The summed E-state index contributed by atoms with van der Waals surface area (Å²) in [7, 11) is 0. The largest absolute Gasteiger partial charge is 0.478 e. The monoisotopic (exact) mass is 296 g/mol. The van der Waals surface area contributed by atoms with Crippen LogP contribution in [0.25, 0.3) is 0 Å². The van der Waals surface area contributed by atoms with Gasteiger partial charge in [-0.15, -0.1) is 0 Å². The molecule has 1 aromatic rings. The molecule has 6 nitrogen and oxygen atoms in total. The van der Waals surface area contributed by atoms with Crippen LogP contribution >= 0.6 is 15.9 Å². The van der Waals surface area contributed by atoms with Gasteiger partial charge in [0.2, 0.25) is 0 Å². The molecule has 0 unspecified atom stereocenters. The van der Waals surface area contributed by atoms with Gasteiger partial charge in [0.05, 0.1) is 10.5 Å². The number of pyridine rings is 1. The molecule has 0 atom stereocenters. The van der Waals surface area contributed by atoms with Crippen LogP contribution in [0.2, 0.25) is 0 Å². The Bertz CT molecular complexity index is 466. The zero-order chi connectivity index (χ0) is 12.5. The minimum Gasteiger partial charge on any atom is -0.478 e. The quantitative estimate of drug-likeness (QED) is 0.683. The first-order chi connectivity index (χ1) is 7.36. The van der Waals surface area contributed by atoms with Gasteiger partial charge in [0.1, 0.15) is 4.47 Å². The standard InChI is InChI=1S/C7H3BrF2N2O4/c8-3-2(7(13)14)1-11-4(6(9)10)5(3)12(15)16/h1,6H,(H,13,14). The molecule has 1 rings (SSSR count). The second kappa shape index (κ2) is 4.47. The highest BCUT2D eigenvalue weighted by Gasteiger charge is 2.30. The number of halogens is 3. The highest BCUT2D eigenvalue weighted by Crippen LogP contribution is 2.35.